The number of aromatic nitrogens is 1. The van der Waals surface area contributed by atoms with Gasteiger partial charge in [0.05, 0.1) is 12.6 Å². The van der Waals surface area contributed by atoms with Crippen molar-refractivity contribution in [1.29, 1.82) is 0 Å². The first kappa shape index (κ1) is 59.9. The molecule has 400 valence electrons. The number of hydrogen-bond donors (Lipinski definition) is 13. The number of carboxylic acids is 1. The maximum absolute atomic E-state index is 14.2. The number of benzene rings is 2. The minimum Gasteiger partial charge on any atom is -0.480 e. The Labute approximate surface area is 424 Å². The summed E-state index contributed by atoms with van der Waals surface area (Å²) in [6.07, 6.45) is 2.46. The van der Waals surface area contributed by atoms with E-state index in [1.165, 1.54) is 13.8 Å². The fraction of sp³-hybridized carbons (Fsp3) is 0.520. The predicted octanol–water partition coefficient (Wildman–Crippen LogP) is -0.989. The Morgan fingerprint density at radius 3 is 1.79 bits per heavy atom. The van der Waals surface area contributed by atoms with Gasteiger partial charge in [-0.25, -0.2) is 4.79 Å². The van der Waals surface area contributed by atoms with Gasteiger partial charge in [0.15, 0.2) is 0 Å². The second-order valence-electron chi connectivity index (χ2n) is 18.5. The molecule has 1 aromatic heterocycles. The molecule has 9 amide bonds. The quantitative estimate of drug-likeness (QED) is 0.0345. The maximum atomic E-state index is 14.2. The third-order valence-electron chi connectivity index (χ3n) is 12.3. The van der Waals surface area contributed by atoms with Crippen LogP contribution in [0.4, 0.5) is 0 Å². The van der Waals surface area contributed by atoms with Crippen molar-refractivity contribution >= 4 is 70.0 Å². The van der Waals surface area contributed by atoms with E-state index in [-0.39, 0.29) is 38.0 Å². The molecule has 0 saturated heterocycles. The smallest absolute Gasteiger partial charge is 0.326 e. The molecule has 1 heterocycles. The van der Waals surface area contributed by atoms with Crippen LogP contribution in [0.3, 0.4) is 0 Å². The summed E-state index contributed by atoms with van der Waals surface area (Å²) >= 11 is 0. The first-order chi connectivity index (χ1) is 34.6. The molecule has 0 aliphatic rings. The van der Waals surface area contributed by atoms with E-state index >= 15 is 0 Å². The van der Waals surface area contributed by atoms with Crippen molar-refractivity contribution in [3.8, 4) is 0 Å². The van der Waals surface area contributed by atoms with Gasteiger partial charge in [-0.05, 0) is 75.1 Å². The Morgan fingerprint density at radius 2 is 1.18 bits per heavy atom. The molecule has 0 spiro atoms. The summed E-state index contributed by atoms with van der Waals surface area (Å²) in [7, 11) is 0. The summed E-state index contributed by atoms with van der Waals surface area (Å²) < 4.78 is 0. The minimum absolute atomic E-state index is 0.0398. The minimum atomic E-state index is -1.37. The molecule has 23 nitrogen and oxygen atoms in total. The highest BCUT2D eigenvalue weighted by atomic mass is 16.4. The van der Waals surface area contributed by atoms with Gasteiger partial charge in [0, 0.05) is 36.4 Å². The number of carbonyl (C=O) groups excluding carboxylic acids is 9. The van der Waals surface area contributed by atoms with Crippen LogP contribution in [-0.2, 0) is 60.8 Å². The number of H-pyrrole nitrogens is 1. The van der Waals surface area contributed by atoms with Gasteiger partial charge in [0.1, 0.15) is 42.3 Å². The van der Waals surface area contributed by atoms with Crippen molar-refractivity contribution in [2.45, 2.75) is 141 Å². The van der Waals surface area contributed by atoms with Crippen molar-refractivity contribution in [3.05, 3.63) is 71.9 Å². The van der Waals surface area contributed by atoms with Crippen LogP contribution in [-0.4, -0.2) is 131 Å². The molecule has 0 bridgehead atoms. The second kappa shape index (κ2) is 29.8. The molecule has 9 atom stereocenters. The fourth-order valence-corrected chi connectivity index (χ4v) is 7.50. The van der Waals surface area contributed by atoms with E-state index < -0.39 is 120 Å². The third kappa shape index (κ3) is 19.6. The highest BCUT2D eigenvalue weighted by Crippen LogP contribution is 2.20. The monoisotopic (exact) mass is 1020 g/mol. The van der Waals surface area contributed by atoms with Crippen LogP contribution in [0.15, 0.2) is 60.8 Å². The molecule has 0 unspecified atom stereocenters. The van der Waals surface area contributed by atoms with Crippen LogP contribution in [0.2, 0.25) is 0 Å². The number of aromatic amines is 1. The predicted molar refractivity (Wildman–Crippen MR) is 271 cm³/mol. The lowest BCUT2D eigenvalue weighted by Gasteiger charge is -2.29. The van der Waals surface area contributed by atoms with Gasteiger partial charge in [-0.2, -0.15) is 0 Å². The lowest BCUT2D eigenvalue weighted by atomic mass is 9.96. The fourth-order valence-electron chi connectivity index (χ4n) is 7.50. The third-order valence-corrected chi connectivity index (χ3v) is 12.3. The number of hydrogen-bond acceptors (Lipinski definition) is 12. The SMILES string of the molecule is CC[C@H](C)[C@H](NC(=O)[C@H](CCC(N)=O)NC(=O)CNC(=O)[C@@H](N)C(C)C)C(=O)N[C@@H](Cc1ccccc1)C(=O)N[C@@H](C)C(=O)N[C@@H](C)C(=O)N[C@@H](Cc1c[nH]c2ccccc12)C(=O)N[C@@H](CCCCN)C(=O)O. The molecule has 0 saturated carbocycles. The molecule has 0 aliphatic carbocycles. The number of primary amides is 1. The van der Waals surface area contributed by atoms with Gasteiger partial charge in [0.25, 0.3) is 0 Å². The van der Waals surface area contributed by atoms with Gasteiger partial charge in [0.2, 0.25) is 53.2 Å². The number of amides is 9. The van der Waals surface area contributed by atoms with Gasteiger partial charge >= 0.3 is 5.97 Å². The number of carboxylic acid groups (broad SMARTS) is 1. The Morgan fingerprint density at radius 1 is 0.616 bits per heavy atom. The van der Waals surface area contributed by atoms with E-state index in [1.54, 1.807) is 70.3 Å². The number of carbonyl (C=O) groups is 10. The van der Waals surface area contributed by atoms with Crippen LogP contribution >= 0.6 is 0 Å². The van der Waals surface area contributed by atoms with Crippen LogP contribution in [0.1, 0.15) is 91.2 Å². The van der Waals surface area contributed by atoms with Crippen molar-refractivity contribution in [3.63, 3.8) is 0 Å². The molecule has 0 radical (unpaired) electrons. The largest absolute Gasteiger partial charge is 0.480 e. The summed E-state index contributed by atoms with van der Waals surface area (Å²) in [6, 6.07) is 5.97. The normalized spacial score (nSPS) is 14.9. The first-order valence-electron chi connectivity index (χ1n) is 24.5. The standard InChI is InChI=1S/C50H74N12O11/c1-7-28(4)42(62-45(67)35(20-21-39(52)63)58-40(64)26-55-48(70)41(53)27(2)3)49(71)61-37(23-31-15-9-8-10-16-31)46(68)57-29(5)43(65)56-30(6)44(66)60-38(24-32-25-54-34-18-12-11-17-33(32)34)47(69)59-36(50(72)73)19-13-14-22-51/h8-12,15-18,25,27-30,35-38,41-42,54H,7,13-14,19-24,26,51,53H2,1-6H3,(H2,52,63)(H,55,70)(H,56,65)(H,57,68)(H,58,64)(H,59,69)(H,60,66)(H,61,71)(H,62,67)(H,72,73)/t28-,29-,30-,35-,36-,37-,38-,41-,42-/m0/s1. The number of nitrogens with two attached hydrogens (primary N) is 3. The molecule has 16 N–H and O–H groups in total. The molecule has 0 fully saturated rings. The molecule has 23 heteroatoms. The zero-order valence-corrected chi connectivity index (χ0v) is 42.4. The first-order valence-corrected chi connectivity index (χ1v) is 24.5. The van der Waals surface area contributed by atoms with Gasteiger partial charge < -0.3 is 69.8 Å². The van der Waals surface area contributed by atoms with E-state index in [4.69, 9.17) is 17.2 Å². The molecular weight excluding hydrogens is 945 g/mol. The van der Waals surface area contributed by atoms with Crippen LogP contribution in [0, 0.1) is 11.8 Å². The van der Waals surface area contributed by atoms with E-state index in [0.717, 1.165) is 10.9 Å². The molecule has 3 rings (SSSR count). The Hall–Kier alpha value is -7.40. The molecule has 2 aromatic carbocycles. The molecule has 0 aliphatic heterocycles. The zero-order chi connectivity index (χ0) is 54.4. The Balaban J connectivity index is 1.78. The zero-order valence-electron chi connectivity index (χ0n) is 42.4. The average molecular weight is 1020 g/mol. The van der Waals surface area contributed by atoms with Crippen molar-refractivity contribution in [1.82, 2.24) is 47.5 Å². The van der Waals surface area contributed by atoms with Crippen LogP contribution in [0.5, 0.6) is 0 Å². The molecular formula is C50H74N12O11. The van der Waals surface area contributed by atoms with Crippen molar-refractivity contribution < 1.29 is 53.1 Å². The lowest BCUT2D eigenvalue weighted by molar-refractivity contribution is -0.142. The number of nitrogens with one attached hydrogen (secondary N) is 9. The van der Waals surface area contributed by atoms with Gasteiger partial charge in [-0.1, -0.05) is 82.6 Å². The summed E-state index contributed by atoms with van der Waals surface area (Å²) in [6.45, 7) is 9.43. The highest BCUT2D eigenvalue weighted by molar-refractivity contribution is 5.98. The van der Waals surface area contributed by atoms with E-state index in [0.29, 0.717) is 36.9 Å². The summed E-state index contributed by atoms with van der Waals surface area (Å²) in [5.74, 6) is -8.94. The molecule has 73 heavy (non-hydrogen) atoms. The second-order valence-corrected chi connectivity index (χ2v) is 18.5. The van der Waals surface area contributed by atoms with Gasteiger partial charge in [-0.15, -0.1) is 0 Å². The van der Waals surface area contributed by atoms with Crippen LogP contribution < -0.4 is 59.7 Å². The number of unbranched alkanes of at least 4 members (excludes halogenated alkanes) is 1. The molecule has 3 aromatic rings. The highest BCUT2D eigenvalue weighted by Gasteiger charge is 2.35. The Kier molecular flexibility index (Phi) is 24.5. The number of aliphatic carboxylic acids is 1. The maximum Gasteiger partial charge on any atom is 0.326 e. The summed E-state index contributed by atoms with van der Waals surface area (Å²) in [4.78, 5) is 135. The number of rotatable bonds is 31. The van der Waals surface area contributed by atoms with Crippen molar-refractivity contribution in [2.24, 2.45) is 29.0 Å². The van der Waals surface area contributed by atoms with Gasteiger partial charge in [-0.3, -0.25) is 43.2 Å². The summed E-state index contributed by atoms with van der Waals surface area (Å²) in [5, 5.41) is 31.2. The summed E-state index contributed by atoms with van der Waals surface area (Å²) in [5.41, 5.74) is 18.9. The Bertz CT molecular complexity index is 2380. The van der Waals surface area contributed by atoms with E-state index in [2.05, 4.69) is 47.5 Å². The number of para-hydroxylation sites is 1. The number of fused-ring (bicyclic) bond motifs is 1. The topological polar surface area (TPSA) is 381 Å². The van der Waals surface area contributed by atoms with Crippen molar-refractivity contribution in [2.75, 3.05) is 13.1 Å². The van der Waals surface area contributed by atoms with E-state index in [9.17, 15) is 53.1 Å². The van der Waals surface area contributed by atoms with Crippen LogP contribution in [0.25, 0.3) is 10.9 Å². The average Bonchev–Trinajstić information content (AvgIpc) is 3.76. The lowest BCUT2D eigenvalue weighted by Crippen LogP contribution is -2.60. The van der Waals surface area contributed by atoms with E-state index in [1.807, 2.05) is 18.2 Å².